The molecule has 4 rings (SSSR count). The summed E-state index contributed by atoms with van der Waals surface area (Å²) in [5.74, 6) is -0.233. The molecule has 0 bridgehead atoms. The molecule has 1 aliphatic rings. The topological polar surface area (TPSA) is 95.2 Å². The molecule has 2 heterocycles. The van der Waals surface area contributed by atoms with Crippen molar-refractivity contribution < 1.29 is 19.4 Å². The van der Waals surface area contributed by atoms with Gasteiger partial charge in [0, 0.05) is 43.0 Å². The summed E-state index contributed by atoms with van der Waals surface area (Å²) in [6.45, 7) is 7.52. The van der Waals surface area contributed by atoms with E-state index in [9.17, 15) is 15.0 Å². The van der Waals surface area contributed by atoms with E-state index in [2.05, 4.69) is 10.2 Å². The molecule has 3 aromatic rings. The largest absolute Gasteiger partial charge is 0.507 e. The van der Waals surface area contributed by atoms with Gasteiger partial charge in [-0.25, -0.2) is 0 Å². The summed E-state index contributed by atoms with van der Waals surface area (Å²) in [7, 11) is 0. The second-order valence-electron chi connectivity index (χ2n) is 7.73. The Morgan fingerprint density at radius 3 is 2.57 bits per heavy atom. The average Bonchev–Trinajstić information content (AvgIpc) is 3.00. The molecule has 3 N–H and O–H groups in total. The molecule has 0 radical (unpaired) electrons. The van der Waals surface area contributed by atoms with Crippen LogP contribution >= 0.6 is 0 Å². The Morgan fingerprint density at radius 2 is 1.83 bits per heavy atom. The van der Waals surface area contributed by atoms with Crippen molar-refractivity contribution in [3.8, 4) is 28.6 Å². The fourth-order valence-corrected chi connectivity index (χ4v) is 3.71. The van der Waals surface area contributed by atoms with E-state index in [1.165, 1.54) is 6.07 Å². The van der Waals surface area contributed by atoms with Gasteiger partial charge in [-0.2, -0.15) is 0 Å². The van der Waals surface area contributed by atoms with Gasteiger partial charge in [0.1, 0.15) is 16.9 Å². The number of phenolic OH excluding ortho intramolecular Hbond substituents is 2. The van der Waals surface area contributed by atoms with Crippen LogP contribution in [0.4, 0.5) is 5.69 Å². The van der Waals surface area contributed by atoms with Gasteiger partial charge in [0.25, 0.3) is 0 Å². The van der Waals surface area contributed by atoms with E-state index in [4.69, 9.17) is 9.15 Å². The second kappa shape index (κ2) is 8.28. The van der Waals surface area contributed by atoms with Gasteiger partial charge in [-0.1, -0.05) is 0 Å². The number of hydrogen-bond acceptors (Lipinski definition) is 7. The van der Waals surface area contributed by atoms with E-state index in [1.54, 1.807) is 13.8 Å². The van der Waals surface area contributed by atoms with Gasteiger partial charge < -0.3 is 29.6 Å². The summed E-state index contributed by atoms with van der Waals surface area (Å²) < 4.78 is 11.6. The lowest BCUT2D eigenvalue weighted by atomic mass is 10.1. The molecule has 7 nitrogen and oxygen atoms in total. The van der Waals surface area contributed by atoms with Gasteiger partial charge in [-0.05, 0) is 51.1 Å². The quantitative estimate of drug-likeness (QED) is 0.606. The van der Waals surface area contributed by atoms with Crippen molar-refractivity contribution in [1.82, 2.24) is 5.32 Å². The van der Waals surface area contributed by atoms with Crippen LogP contribution in [0.1, 0.15) is 20.3 Å². The summed E-state index contributed by atoms with van der Waals surface area (Å²) in [5, 5.41) is 23.8. The van der Waals surface area contributed by atoms with Crippen LogP contribution in [0, 0.1) is 0 Å². The first-order chi connectivity index (χ1) is 14.4. The van der Waals surface area contributed by atoms with E-state index >= 15 is 0 Å². The molecule has 0 spiro atoms. The first-order valence-electron chi connectivity index (χ1n) is 10.2. The van der Waals surface area contributed by atoms with Crippen LogP contribution in [0.3, 0.4) is 0 Å². The molecule has 2 aromatic carbocycles. The maximum Gasteiger partial charge on any atom is 0.205 e. The molecule has 0 unspecified atom stereocenters. The van der Waals surface area contributed by atoms with Crippen molar-refractivity contribution in [1.29, 1.82) is 0 Å². The van der Waals surface area contributed by atoms with Gasteiger partial charge in [-0.3, -0.25) is 4.79 Å². The highest BCUT2D eigenvalue weighted by molar-refractivity contribution is 5.91. The number of nitrogens with zero attached hydrogens (tertiary/aromatic N) is 1. The summed E-state index contributed by atoms with van der Waals surface area (Å²) in [5.41, 5.74) is 1.47. The Labute approximate surface area is 174 Å². The van der Waals surface area contributed by atoms with E-state index in [0.29, 0.717) is 5.76 Å². The maximum atomic E-state index is 12.7. The Morgan fingerprint density at radius 1 is 1.07 bits per heavy atom. The zero-order valence-electron chi connectivity index (χ0n) is 17.1. The number of nitrogens with one attached hydrogen (secondary N) is 1. The summed E-state index contributed by atoms with van der Waals surface area (Å²) in [6.07, 6.45) is 0.840. The van der Waals surface area contributed by atoms with Crippen molar-refractivity contribution in [3.05, 3.63) is 46.6 Å². The van der Waals surface area contributed by atoms with Gasteiger partial charge in [0.05, 0.1) is 6.10 Å². The second-order valence-corrected chi connectivity index (χ2v) is 7.73. The fourth-order valence-electron chi connectivity index (χ4n) is 3.71. The van der Waals surface area contributed by atoms with Crippen molar-refractivity contribution in [2.24, 2.45) is 0 Å². The van der Waals surface area contributed by atoms with Gasteiger partial charge in [0.2, 0.25) is 5.75 Å². The smallest absolute Gasteiger partial charge is 0.205 e. The highest BCUT2D eigenvalue weighted by Gasteiger charge is 2.20. The molecule has 0 atom stereocenters. The third kappa shape index (κ3) is 3.93. The molecule has 1 saturated heterocycles. The summed E-state index contributed by atoms with van der Waals surface area (Å²) in [4.78, 5) is 15.0. The molecule has 1 aliphatic heterocycles. The summed E-state index contributed by atoms with van der Waals surface area (Å²) in [6, 6.07) is 10.3. The zero-order chi connectivity index (χ0) is 21.3. The fraction of sp³-hybridized carbons (Fsp3) is 0.348. The van der Waals surface area contributed by atoms with Crippen LogP contribution in [-0.4, -0.2) is 42.5 Å². The highest BCUT2D eigenvalue weighted by Crippen LogP contribution is 2.41. The molecule has 0 aliphatic carbocycles. The molecule has 0 amide bonds. The lowest BCUT2D eigenvalue weighted by Gasteiger charge is -2.22. The number of fused-ring (bicyclic) bond motifs is 1. The Kier molecular flexibility index (Phi) is 5.55. The molecule has 1 fully saturated rings. The first-order valence-corrected chi connectivity index (χ1v) is 10.2. The van der Waals surface area contributed by atoms with E-state index < -0.39 is 5.43 Å². The molecular formula is C23H26N2O5. The van der Waals surface area contributed by atoms with Crippen molar-refractivity contribution in [3.63, 3.8) is 0 Å². The normalized spacial score (nSPS) is 14.8. The van der Waals surface area contributed by atoms with Crippen LogP contribution in [-0.2, 0) is 0 Å². The minimum Gasteiger partial charge on any atom is -0.507 e. The Bertz CT molecular complexity index is 1100. The lowest BCUT2D eigenvalue weighted by Crippen LogP contribution is -2.27. The number of benzene rings is 2. The minimum atomic E-state index is -0.403. The number of hydrogen-bond donors (Lipinski definition) is 3. The number of ether oxygens (including phenoxy) is 1. The van der Waals surface area contributed by atoms with Gasteiger partial charge in [-0.15, -0.1) is 0 Å². The average molecular weight is 410 g/mol. The minimum absolute atomic E-state index is 0.0131. The van der Waals surface area contributed by atoms with Crippen molar-refractivity contribution in [2.75, 3.05) is 31.1 Å². The van der Waals surface area contributed by atoms with Gasteiger partial charge in [0.15, 0.2) is 16.8 Å². The third-order valence-electron chi connectivity index (χ3n) is 5.13. The maximum absolute atomic E-state index is 12.7. The molecule has 158 valence electrons. The molecule has 0 saturated carbocycles. The van der Waals surface area contributed by atoms with Crippen LogP contribution in [0.25, 0.3) is 22.3 Å². The first kappa shape index (κ1) is 20.1. The Balaban J connectivity index is 1.76. The van der Waals surface area contributed by atoms with Crippen LogP contribution in [0.5, 0.6) is 17.2 Å². The van der Waals surface area contributed by atoms with E-state index in [1.807, 2.05) is 24.3 Å². The summed E-state index contributed by atoms with van der Waals surface area (Å²) >= 11 is 0. The molecule has 7 heteroatoms. The zero-order valence-corrected chi connectivity index (χ0v) is 17.1. The lowest BCUT2D eigenvalue weighted by molar-refractivity contribution is 0.231. The van der Waals surface area contributed by atoms with Crippen molar-refractivity contribution >= 4 is 16.7 Å². The molecule has 30 heavy (non-hydrogen) atoms. The molecular weight excluding hydrogens is 384 g/mol. The highest BCUT2D eigenvalue weighted by atomic mass is 16.5. The monoisotopic (exact) mass is 410 g/mol. The predicted octanol–water partition coefficient (Wildman–Crippen LogP) is 3.46. The SMILES string of the molecule is CC(C)Oc1c(O)cc(O)c2c(=O)cc(-c3ccc(N4CCCNCC4)cc3)oc12. The number of aromatic hydroxyl groups is 2. The van der Waals surface area contributed by atoms with Crippen LogP contribution in [0.15, 0.2) is 45.6 Å². The van der Waals surface area contributed by atoms with E-state index in [0.717, 1.165) is 49.9 Å². The van der Waals surface area contributed by atoms with E-state index in [-0.39, 0.29) is 34.3 Å². The number of phenols is 2. The van der Waals surface area contributed by atoms with Gasteiger partial charge >= 0.3 is 0 Å². The number of rotatable bonds is 4. The predicted molar refractivity (Wildman–Crippen MR) is 117 cm³/mol. The van der Waals surface area contributed by atoms with Crippen molar-refractivity contribution in [2.45, 2.75) is 26.4 Å². The molecule has 1 aromatic heterocycles. The standard InChI is InChI=1S/C23H26N2O5/c1-14(2)29-22-19(28)12-17(26)21-18(27)13-20(30-23(21)22)15-4-6-16(7-5-15)25-10-3-8-24-9-11-25/h4-7,12-14,24,26,28H,3,8-11H2,1-2H3. The van der Waals surface area contributed by atoms with Crippen LogP contribution < -0.4 is 20.4 Å². The Hall–Kier alpha value is -3.19. The number of anilines is 1. The third-order valence-corrected chi connectivity index (χ3v) is 5.13. The van der Waals surface area contributed by atoms with Crippen LogP contribution in [0.2, 0.25) is 0 Å².